The molecule has 0 bridgehead atoms. The third-order valence-corrected chi connectivity index (χ3v) is 3.69. The second kappa shape index (κ2) is 10.5. The highest BCUT2D eigenvalue weighted by Gasteiger charge is 2.42. The molecule has 1 aliphatic rings. The van der Waals surface area contributed by atoms with E-state index in [1.165, 1.54) is 21.1 Å². The van der Waals surface area contributed by atoms with Crippen LogP contribution < -0.4 is 10.6 Å². The molecule has 1 rings (SSSR count). The third-order valence-electron chi connectivity index (χ3n) is 2.99. The number of hydrogen-bond donors (Lipinski definition) is 3. The SMILES string of the molecule is CNC(=O)OCCOS(=O)O[C@@H]1OCC(NC(C)=O)C(OC)[C@H]1O. The van der Waals surface area contributed by atoms with E-state index < -0.39 is 42.0 Å². The molecule has 3 unspecified atom stereocenters. The van der Waals surface area contributed by atoms with Gasteiger partial charge < -0.3 is 30.0 Å². The second-order valence-corrected chi connectivity index (χ2v) is 5.54. The Hall–Kier alpha value is -1.31. The normalized spacial score (nSPS) is 28.0. The van der Waals surface area contributed by atoms with Crippen molar-refractivity contribution in [1.82, 2.24) is 10.6 Å². The molecular weight excluding hydrogens is 348 g/mol. The van der Waals surface area contributed by atoms with E-state index in [0.717, 1.165) is 0 Å². The summed E-state index contributed by atoms with van der Waals surface area (Å²) in [6, 6.07) is -0.572. The van der Waals surface area contributed by atoms with Gasteiger partial charge in [0.2, 0.25) is 12.2 Å². The molecule has 0 saturated carbocycles. The van der Waals surface area contributed by atoms with Crippen LogP contribution in [0.3, 0.4) is 0 Å². The monoisotopic (exact) mass is 370 g/mol. The third kappa shape index (κ3) is 6.67. The summed E-state index contributed by atoms with van der Waals surface area (Å²) >= 11 is -2.23. The van der Waals surface area contributed by atoms with Crippen molar-refractivity contribution >= 4 is 23.4 Å². The highest BCUT2D eigenvalue weighted by molar-refractivity contribution is 7.75. The molecule has 0 spiro atoms. The zero-order valence-corrected chi connectivity index (χ0v) is 14.4. The molecule has 0 radical (unpaired) electrons. The van der Waals surface area contributed by atoms with Gasteiger partial charge >= 0.3 is 17.5 Å². The van der Waals surface area contributed by atoms with E-state index in [1.54, 1.807) is 0 Å². The van der Waals surface area contributed by atoms with Gasteiger partial charge in [0.1, 0.15) is 25.4 Å². The number of ether oxygens (including phenoxy) is 3. The van der Waals surface area contributed by atoms with Gasteiger partial charge in [-0.3, -0.25) is 8.98 Å². The first kappa shape index (κ1) is 20.7. The van der Waals surface area contributed by atoms with Crippen LogP contribution in [0.25, 0.3) is 0 Å². The summed E-state index contributed by atoms with van der Waals surface area (Å²) < 4.78 is 36.4. The van der Waals surface area contributed by atoms with Crippen molar-refractivity contribution in [3.8, 4) is 0 Å². The van der Waals surface area contributed by atoms with Crippen LogP contribution in [0.2, 0.25) is 0 Å². The van der Waals surface area contributed by atoms with Gasteiger partial charge in [-0.1, -0.05) is 0 Å². The molecule has 11 nitrogen and oxygen atoms in total. The number of nitrogens with one attached hydrogen (secondary N) is 2. The van der Waals surface area contributed by atoms with Gasteiger partial charge in [0, 0.05) is 21.1 Å². The van der Waals surface area contributed by atoms with Gasteiger partial charge in [0.05, 0.1) is 12.6 Å². The molecule has 1 aliphatic heterocycles. The van der Waals surface area contributed by atoms with Crippen molar-refractivity contribution in [3.63, 3.8) is 0 Å². The first-order chi connectivity index (χ1) is 11.4. The Bertz CT molecular complexity index is 450. The number of hydrogen-bond acceptors (Lipinski definition) is 9. The van der Waals surface area contributed by atoms with Crippen LogP contribution >= 0.6 is 0 Å². The van der Waals surface area contributed by atoms with Crippen LogP contribution in [0.5, 0.6) is 0 Å². The van der Waals surface area contributed by atoms with Gasteiger partial charge in [0.15, 0.2) is 0 Å². The van der Waals surface area contributed by atoms with E-state index in [0.29, 0.717) is 0 Å². The summed E-state index contributed by atoms with van der Waals surface area (Å²) in [6.45, 7) is 1.02. The van der Waals surface area contributed by atoms with Gasteiger partial charge in [-0.25, -0.2) is 8.98 Å². The highest BCUT2D eigenvalue weighted by atomic mass is 32.2. The largest absolute Gasteiger partial charge is 0.447 e. The quantitative estimate of drug-likeness (QED) is 0.421. The first-order valence-electron chi connectivity index (χ1n) is 7.05. The average Bonchev–Trinajstić information content (AvgIpc) is 2.53. The predicted molar refractivity (Wildman–Crippen MR) is 79.7 cm³/mol. The van der Waals surface area contributed by atoms with Crippen molar-refractivity contribution < 1.29 is 41.5 Å². The molecule has 3 N–H and O–H groups in total. The Morgan fingerprint density at radius 2 is 2.08 bits per heavy atom. The van der Waals surface area contributed by atoms with Crippen molar-refractivity contribution in [1.29, 1.82) is 0 Å². The molecule has 1 fully saturated rings. The second-order valence-electron chi connectivity index (χ2n) is 4.71. The van der Waals surface area contributed by atoms with E-state index in [2.05, 4.69) is 15.4 Å². The average molecular weight is 370 g/mol. The number of amides is 2. The van der Waals surface area contributed by atoms with Crippen molar-refractivity contribution in [2.45, 2.75) is 31.5 Å². The van der Waals surface area contributed by atoms with E-state index >= 15 is 0 Å². The molecule has 140 valence electrons. The minimum atomic E-state index is -2.23. The standard InChI is InChI=1S/C12H22N2O9S/c1-7(15)14-8-6-21-11(9(16)10(8)19-3)23-24(18)22-5-4-20-12(17)13-2/h8-11,16H,4-6H2,1-3H3,(H,13,17)(H,14,15)/t8?,9-,10?,11+,24?/m1/s1. The van der Waals surface area contributed by atoms with Crippen molar-refractivity contribution in [2.75, 3.05) is 34.0 Å². The summed E-state index contributed by atoms with van der Waals surface area (Å²) in [7, 11) is 2.75. The lowest BCUT2D eigenvalue weighted by atomic mass is 10.0. The van der Waals surface area contributed by atoms with Crippen LogP contribution in [0.4, 0.5) is 4.79 Å². The fourth-order valence-corrected chi connectivity index (χ4v) is 2.56. The maximum absolute atomic E-state index is 11.6. The minimum absolute atomic E-state index is 0.00318. The predicted octanol–water partition coefficient (Wildman–Crippen LogP) is -1.81. The fourth-order valence-electron chi connectivity index (χ4n) is 1.97. The van der Waals surface area contributed by atoms with E-state index in [1.807, 2.05) is 0 Å². The van der Waals surface area contributed by atoms with Crippen LogP contribution in [-0.4, -0.2) is 79.8 Å². The summed E-state index contributed by atoms with van der Waals surface area (Å²) in [4.78, 5) is 21.9. The molecule has 0 aliphatic carbocycles. The van der Waals surface area contributed by atoms with Crippen molar-refractivity contribution in [3.05, 3.63) is 0 Å². The Kier molecular flexibility index (Phi) is 9.10. The maximum atomic E-state index is 11.6. The van der Waals surface area contributed by atoms with E-state index in [-0.39, 0.29) is 25.7 Å². The first-order valence-corrected chi connectivity index (χ1v) is 8.05. The Labute approximate surface area is 141 Å². The number of aliphatic hydroxyl groups is 1. The number of alkyl carbamates (subject to hydrolysis) is 1. The molecule has 5 atom stereocenters. The fraction of sp³-hybridized carbons (Fsp3) is 0.833. The molecule has 1 saturated heterocycles. The zero-order chi connectivity index (χ0) is 18.1. The molecular formula is C12H22N2O9S. The topological polar surface area (TPSA) is 142 Å². The number of aliphatic hydroxyl groups excluding tert-OH is 1. The lowest BCUT2D eigenvalue weighted by Gasteiger charge is -2.38. The van der Waals surface area contributed by atoms with E-state index in [4.69, 9.17) is 17.8 Å². The van der Waals surface area contributed by atoms with Gasteiger partial charge in [-0.2, -0.15) is 4.21 Å². The highest BCUT2D eigenvalue weighted by Crippen LogP contribution is 2.20. The van der Waals surface area contributed by atoms with Crippen molar-refractivity contribution in [2.24, 2.45) is 0 Å². The van der Waals surface area contributed by atoms with Crippen LogP contribution in [-0.2, 0) is 38.7 Å². The molecule has 2 amide bonds. The van der Waals surface area contributed by atoms with Crippen LogP contribution in [0, 0.1) is 0 Å². The lowest BCUT2D eigenvalue weighted by Crippen LogP contribution is -2.60. The van der Waals surface area contributed by atoms with Gasteiger partial charge in [-0.05, 0) is 0 Å². The maximum Gasteiger partial charge on any atom is 0.406 e. The zero-order valence-electron chi connectivity index (χ0n) is 13.6. The van der Waals surface area contributed by atoms with Crippen LogP contribution in [0.1, 0.15) is 6.92 Å². The number of methoxy groups -OCH3 is 1. The lowest BCUT2D eigenvalue weighted by molar-refractivity contribution is -0.222. The summed E-state index contributed by atoms with van der Waals surface area (Å²) in [5, 5.41) is 15.0. The smallest absolute Gasteiger partial charge is 0.406 e. The summed E-state index contributed by atoms with van der Waals surface area (Å²) in [5.41, 5.74) is 0. The van der Waals surface area contributed by atoms with Gasteiger partial charge in [0.25, 0.3) is 0 Å². The van der Waals surface area contributed by atoms with Crippen LogP contribution in [0.15, 0.2) is 0 Å². The molecule has 12 heteroatoms. The molecule has 0 aromatic carbocycles. The number of rotatable bonds is 8. The molecule has 1 heterocycles. The number of carbonyl (C=O) groups is 2. The number of carbonyl (C=O) groups excluding carboxylic acids is 2. The Balaban J connectivity index is 2.40. The summed E-state index contributed by atoms with van der Waals surface area (Å²) in [6.07, 6.45) is -4.01. The Morgan fingerprint density at radius 1 is 1.38 bits per heavy atom. The molecule has 0 aromatic rings. The Morgan fingerprint density at radius 3 is 2.67 bits per heavy atom. The molecule has 24 heavy (non-hydrogen) atoms. The van der Waals surface area contributed by atoms with E-state index in [9.17, 15) is 18.9 Å². The molecule has 0 aromatic heterocycles. The van der Waals surface area contributed by atoms with Gasteiger partial charge in [-0.15, -0.1) is 0 Å². The minimum Gasteiger partial charge on any atom is -0.447 e. The summed E-state index contributed by atoms with van der Waals surface area (Å²) in [5.74, 6) is -0.305.